The van der Waals surface area contributed by atoms with Crippen LogP contribution in [0.4, 0.5) is 5.69 Å². The molecule has 132 valence electrons. The molecule has 0 spiro atoms. The molecule has 7 heteroatoms. The first-order valence-corrected chi connectivity index (χ1v) is 9.21. The molecule has 0 saturated carbocycles. The van der Waals surface area contributed by atoms with E-state index in [4.69, 9.17) is 20.8 Å². The maximum absolute atomic E-state index is 12.8. The maximum Gasteiger partial charge on any atom is 0.367 e. The van der Waals surface area contributed by atoms with Crippen LogP contribution in [0.25, 0.3) is 0 Å². The van der Waals surface area contributed by atoms with Crippen molar-refractivity contribution in [1.29, 1.82) is 0 Å². The highest BCUT2D eigenvalue weighted by Gasteiger charge is 2.31. The molecule has 6 nitrogen and oxygen atoms in total. The molecule has 0 radical (unpaired) electrons. The van der Waals surface area contributed by atoms with E-state index in [1.807, 2.05) is 13.8 Å². The number of anilines is 1. The van der Waals surface area contributed by atoms with Crippen molar-refractivity contribution in [2.75, 3.05) is 11.7 Å². The van der Waals surface area contributed by atoms with E-state index >= 15 is 0 Å². The molecule has 1 aromatic rings. The van der Waals surface area contributed by atoms with Gasteiger partial charge in [0.25, 0.3) is 0 Å². The van der Waals surface area contributed by atoms with E-state index in [0.29, 0.717) is 18.7 Å². The molecule has 0 aromatic heterocycles. The van der Waals surface area contributed by atoms with E-state index in [1.165, 1.54) is 24.3 Å². The summed E-state index contributed by atoms with van der Waals surface area (Å²) in [7, 11) is -3.57. The van der Waals surface area contributed by atoms with Gasteiger partial charge in [-0.1, -0.05) is 0 Å². The molecule has 1 rings (SSSR count). The van der Waals surface area contributed by atoms with Crippen LogP contribution in [0.15, 0.2) is 24.3 Å². The molecule has 1 unspecified atom stereocenters. The highest BCUT2D eigenvalue weighted by atomic mass is 31.2. The highest BCUT2D eigenvalue weighted by Crippen LogP contribution is 2.49. The second-order valence-electron chi connectivity index (χ2n) is 6.20. The van der Waals surface area contributed by atoms with Crippen molar-refractivity contribution < 1.29 is 23.7 Å². The van der Waals surface area contributed by atoms with Crippen molar-refractivity contribution in [2.24, 2.45) is 0 Å². The third kappa shape index (κ3) is 6.76. The molecule has 0 amide bonds. The molecule has 0 heterocycles. The van der Waals surface area contributed by atoms with Gasteiger partial charge in [0.05, 0.1) is 17.3 Å². The van der Waals surface area contributed by atoms with E-state index < -0.39 is 19.1 Å². The summed E-state index contributed by atoms with van der Waals surface area (Å²) in [5, 5.41) is 11.6. The molecular weight excluding hydrogens is 329 g/mol. The van der Waals surface area contributed by atoms with Crippen molar-refractivity contribution in [3.05, 3.63) is 29.8 Å². The van der Waals surface area contributed by atoms with Gasteiger partial charge in [0.1, 0.15) is 0 Å². The Bertz CT molecular complexity index is 646. The second-order valence-corrected chi connectivity index (χ2v) is 7.96. The van der Waals surface area contributed by atoms with E-state index in [2.05, 4.69) is 10.7 Å². The number of hydrogen-bond donors (Lipinski definition) is 2. The van der Waals surface area contributed by atoms with Crippen molar-refractivity contribution >= 4 is 19.2 Å². The third-order valence-corrected chi connectivity index (χ3v) is 4.75. The number of carboxylic acid groups (broad SMARTS) is 1. The fourth-order valence-electron chi connectivity index (χ4n) is 1.87. The van der Waals surface area contributed by atoms with E-state index in [9.17, 15) is 9.36 Å². The SMILES string of the molecule is C#CP(=O)(Nc1ccc(C(=O)O)cc1)OC(C)(C)CCOC(C)C. The Labute approximate surface area is 143 Å². The third-order valence-electron chi connectivity index (χ3n) is 3.11. The average Bonchev–Trinajstić information content (AvgIpc) is 2.46. The van der Waals surface area contributed by atoms with Crippen LogP contribution >= 0.6 is 7.52 Å². The number of carbonyl (C=O) groups is 1. The minimum atomic E-state index is -3.57. The first-order chi connectivity index (χ1) is 11.1. The second kappa shape index (κ2) is 8.34. The Balaban J connectivity index is 2.76. The molecule has 1 aromatic carbocycles. The zero-order valence-electron chi connectivity index (χ0n) is 14.4. The molecule has 1 atom stereocenters. The van der Waals surface area contributed by atoms with Gasteiger partial charge in [-0.05, 0) is 58.4 Å². The Morgan fingerprint density at radius 1 is 1.38 bits per heavy atom. The molecule has 0 aliphatic heterocycles. The molecule has 0 bridgehead atoms. The van der Waals surface area contributed by atoms with Gasteiger partial charge in [0, 0.05) is 18.0 Å². The van der Waals surface area contributed by atoms with Gasteiger partial charge in [0.15, 0.2) is 0 Å². The Morgan fingerprint density at radius 3 is 2.42 bits per heavy atom. The fraction of sp³-hybridized carbons (Fsp3) is 0.471. The smallest absolute Gasteiger partial charge is 0.367 e. The molecule has 0 fully saturated rings. The van der Waals surface area contributed by atoms with Gasteiger partial charge in [-0.3, -0.25) is 9.09 Å². The monoisotopic (exact) mass is 353 g/mol. The molecule has 0 saturated heterocycles. The van der Waals surface area contributed by atoms with Crippen molar-refractivity contribution in [2.45, 2.75) is 45.8 Å². The van der Waals surface area contributed by atoms with Crippen molar-refractivity contribution in [3.8, 4) is 12.1 Å². The standard InChI is InChI=1S/C17H24NO5P/c1-6-24(21,23-17(4,5)11-12-22-13(2)3)18-15-9-7-14(8-10-15)16(19)20/h1,7-10,13H,11-12H2,2-5H3,(H,18,21)(H,19,20). The fourth-order valence-corrected chi connectivity index (χ4v) is 3.31. The number of terminal acetylenes is 1. The lowest BCUT2D eigenvalue weighted by molar-refractivity contribution is 0.0259. The molecule has 0 aliphatic carbocycles. The topological polar surface area (TPSA) is 84.9 Å². The summed E-state index contributed by atoms with van der Waals surface area (Å²) in [6.07, 6.45) is 6.02. The number of benzene rings is 1. The first kappa shape index (κ1) is 20.2. The lowest BCUT2D eigenvalue weighted by atomic mass is 10.1. The summed E-state index contributed by atoms with van der Waals surface area (Å²) >= 11 is 0. The summed E-state index contributed by atoms with van der Waals surface area (Å²) in [5.41, 5.74) is 1.99. The number of hydrogen-bond acceptors (Lipinski definition) is 4. The van der Waals surface area contributed by atoms with Crippen molar-refractivity contribution in [1.82, 2.24) is 0 Å². The van der Waals surface area contributed by atoms with Crippen LogP contribution in [-0.4, -0.2) is 29.4 Å². The Hall–Kier alpha value is -1.80. The van der Waals surface area contributed by atoms with Crippen LogP contribution in [0.3, 0.4) is 0 Å². The zero-order valence-corrected chi connectivity index (χ0v) is 15.3. The van der Waals surface area contributed by atoms with Crippen LogP contribution in [0.1, 0.15) is 44.5 Å². The summed E-state index contributed by atoms with van der Waals surface area (Å²) < 4.78 is 23.9. The summed E-state index contributed by atoms with van der Waals surface area (Å²) in [6, 6.07) is 5.78. The van der Waals surface area contributed by atoms with Crippen LogP contribution in [-0.2, 0) is 13.8 Å². The predicted octanol–water partition coefficient (Wildman–Crippen LogP) is 4.19. The van der Waals surface area contributed by atoms with Crippen molar-refractivity contribution in [3.63, 3.8) is 0 Å². The highest BCUT2D eigenvalue weighted by molar-refractivity contribution is 7.65. The largest absolute Gasteiger partial charge is 0.478 e. The van der Waals surface area contributed by atoms with Gasteiger partial charge in [-0.15, -0.1) is 6.42 Å². The van der Waals surface area contributed by atoms with Gasteiger partial charge in [-0.25, -0.2) is 4.79 Å². The zero-order chi connectivity index (χ0) is 18.4. The number of carboxylic acids is 1. The number of aromatic carboxylic acids is 1. The molecule has 0 aliphatic rings. The Kier molecular flexibility index (Phi) is 7.04. The first-order valence-electron chi connectivity index (χ1n) is 7.59. The van der Waals surface area contributed by atoms with E-state index in [-0.39, 0.29) is 11.7 Å². The van der Waals surface area contributed by atoms with Crippen LogP contribution in [0, 0.1) is 12.1 Å². The summed E-state index contributed by atoms with van der Waals surface area (Å²) in [6.45, 7) is 7.90. The average molecular weight is 353 g/mol. The number of ether oxygens (including phenoxy) is 1. The summed E-state index contributed by atoms with van der Waals surface area (Å²) in [5.74, 6) is -1.04. The lowest BCUT2D eigenvalue weighted by Gasteiger charge is -2.29. The van der Waals surface area contributed by atoms with Gasteiger partial charge in [0.2, 0.25) is 0 Å². The van der Waals surface area contributed by atoms with E-state index in [0.717, 1.165) is 0 Å². The number of nitrogens with one attached hydrogen (secondary N) is 1. The quantitative estimate of drug-likeness (QED) is 0.511. The van der Waals surface area contributed by atoms with Crippen LogP contribution in [0.2, 0.25) is 0 Å². The molecule has 24 heavy (non-hydrogen) atoms. The number of rotatable bonds is 9. The minimum absolute atomic E-state index is 0.103. The normalized spacial score (nSPS) is 14.0. The van der Waals surface area contributed by atoms with Gasteiger partial charge < -0.3 is 14.9 Å². The van der Waals surface area contributed by atoms with Gasteiger partial charge in [-0.2, -0.15) is 0 Å². The summed E-state index contributed by atoms with van der Waals surface area (Å²) in [4.78, 5) is 10.8. The van der Waals surface area contributed by atoms with Gasteiger partial charge >= 0.3 is 13.5 Å². The van der Waals surface area contributed by atoms with E-state index in [1.54, 1.807) is 13.8 Å². The molecular formula is C17H24NO5P. The predicted molar refractivity (Wildman–Crippen MR) is 94.3 cm³/mol. The maximum atomic E-state index is 12.8. The van der Waals surface area contributed by atoms with Crippen LogP contribution in [0.5, 0.6) is 0 Å². The molecule has 2 N–H and O–H groups in total. The lowest BCUT2D eigenvalue weighted by Crippen LogP contribution is -2.26. The Morgan fingerprint density at radius 2 is 1.96 bits per heavy atom. The van der Waals surface area contributed by atoms with Crippen LogP contribution < -0.4 is 5.09 Å². The minimum Gasteiger partial charge on any atom is -0.478 e.